The lowest BCUT2D eigenvalue weighted by Gasteiger charge is -2.11. The fourth-order valence-corrected chi connectivity index (χ4v) is 2.60. The van der Waals surface area contributed by atoms with Crippen molar-refractivity contribution in [3.8, 4) is 0 Å². The molecule has 0 radical (unpaired) electrons. The summed E-state index contributed by atoms with van der Waals surface area (Å²) in [5.74, 6) is 0.0267. The van der Waals surface area contributed by atoms with E-state index in [4.69, 9.17) is 10.8 Å². The summed E-state index contributed by atoms with van der Waals surface area (Å²) >= 11 is 0. The van der Waals surface area contributed by atoms with Crippen LogP contribution in [0.4, 0.5) is 10.2 Å². The van der Waals surface area contributed by atoms with E-state index in [0.717, 1.165) is 0 Å². The predicted molar refractivity (Wildman–Crippen MR) is 63.5 cm³/mol. The summed E-state index contributed by atoms with van der Waals surface area (Å²) in [6.45, 7) is -0.124. The maximum atomic E-state index is 13.7. The van der Waals surface area contributed by atoms with Gasteiger partial charge in [-0.25, -0.2) is 19.3 Å². The van der Waals surface area contributed by atoms with Crippen LogP contribution < -0.4 is 5.73 Å². The molecule has 6 nitrogen and oxygen atoms in total. The third-order valence-corrected chi connectivity index (χ3v) is 3.60. The van der Waals surface area contributed by atoms with E-state index in [1.54, 1.807) is 6.33 Å². The topological polar surface area (TPSA) is 89.9 Å². The lowest BCUT2D eigenvalue weighted by atomic mass is 10.1. The lowest BCUT2D eigenvalue weighted by Crippen LogP contribution is -2.11. The van der Waals surface area contributed by atoms with Crippen molar-refractivity contribution < 1.29 is 9.50 Å². The van der Waals surface area contributed by atoms with Gasteiger partial charge in [-0.05, 0) is 12.8 Å². The van der Waals surface area contributed by atoms with Gasteiger partial charge in [-0.2, -0.15) is 0 Å². The molecule has 3 N–H and O–H groups in total. The van der Waals surface area contributed by atoms with Crippen LogP contribution in [0.2, 0.25) is 0 Å². The highest BCUT2D eigenvalue weighted by Gasteiger charge is 2.35. The Bertz CT molecular complexity index is 572. The van der Waals surface area contributed by atoms with Crippen molar-refractivity contribution in [1.82, 2.24) is 19.5 Å². The Morgan fingerprint density at radius 1 is 1.39 bits per heavy atom. The van der Waals surface area contributed by atoms with E-state index >= 15 is 0 Å². The molecule has 2 aromatic rings. The molecule has 0 unspecified atom stereocenters. The SMILES string of the molecule is Nc1ncnc2c1ncn2[C@H]1C[C@@H](CO)[C@H](F)C1. The zero-order chi connectivity index (χ0) is 12.7. The number of hydrogen-bond acceptors (Lipinski definition) is 5. The molecule has 3 rings (SSSR count). The second kappa shape index (κ2) is 4.16. The minimum absolute atomic E-state index is 0.0311. The van der Waals surface area contributed by atoms with Crippen molar-refractivity contribution in [3.63, 3.8) is 0 Å². The Morgan fingerprint density at radius 2 is 2.22 bits per heavy atom. The Labute approximate surface area is 103 Å². The number of nitrogens with zero attached hydrogens (tertiary/aromatic N) is 4. The van der Waals surface area contributed by atoms with Crippen LogP contribution in [0, 0.1) is 5.92 Å². The van der Waals surface area contributed by atoms with Crippen LogP contribution in [0.25, 0.3) is 11.2 Å². The number of nitrogen functional groups attached to an aromatic ring is 1. The molecule has 3 atom stereocenters. The van der Waals surface area contributed by atoms with Gasteiger partial charge >= 0.3 is 0 Å². The van der Waals surface area contributed by atoms with Crippen LogP contribution in [0.5, 0.6) is 0 Å². The Kier molecular flexibility index (Phi) is 2.62. The lowest BCUT2D eigenvalue weighted by molar-refractivity contribution is 0.162. The van der Waals surface area contributed by atoms with E-state index in [1.807, 2.05) is 4.57 Å². The van der Waals surface area contributed by atoms with Gasteiger partial charge in [-0.15, -0.1) is 0 Å². The molecule has 7 heteroatoms. The van der Waals surface area contributed by atoms with E-state index in [2.05, 4.69) is 15.0 Å². The maximum absolute atomic E-state index is 13.7. The highest BCUT2D eigenvalue weighted by molar-refractivity contribution is 5.81. The summed E-state index contributed by atoms with van der Waals surface area (Å²) in [7, 11) is 0. The van der Waals surface area contributed by atoms with Gasteiger partial charge in [0.2, 0.25) is 0 Å². The third-order valence-electron chi connectivity index (χ3n) is 3.60. The minimum atomic E-state index is -0.975. The molecule has 0 spiro atoms. The number of fused-ring (bicyclic) bond motifs is 1. The molecule has 1 aliphatic rings. The molecule has 2 aromatic heterocycles. The van der Waals surface area contributed by atoms with E-state index in [1.165, 1.54) is 6.33 Å². The molecule has 96 valence electrons. The van der Waals surface area contributed by atoms with E-state index in [0.29, 0.717) is 29.8 Å². The Hall–Kier alpha value is -1.76. The largest absolute Gasteiger partial charge is 0.396 e. The molecule has 1 fully saturated rings. The highest BCUT2D eigenvalue weighted by atomic mass is 19.1. The monoisotopic (exact) mass is 251 g/mol. The van der Waals surface area contributed by atoms with Gasteiger partial charge in [-0.1, -0.05) is 0 Å². The summed E-state index contributed by atoms with van der Waals surface area (Å²) < 4.78 is 15.5. The van der Waals surface area contributed by atoms with Crippen LogP contribution in [-0.2, 0) is 0 Å². The van der Waals surface area contributed by atoms with Gasteiger partial charge in [0.1, 0.15) is 18.0 Å². The maximum Gasteiger partial charge on any atom is 0.165 e. The number of alkyl halides is 1. The quantitative estimate of drug-likeness (QED) is 0.819. The van der Waals surface area contributed by atoms with Crippen molar-refractivity contribution in [2.45, 2.75) is 25.1 Å². The number of imidazole rings is 1. The molecule has 1 saturated carbocycles. The Morgan fingerprint density at radius 3 is 2.94 bits per heavy atom. The van der Waals surface area contributed by atoms with Gasteiger partial charge in [0.05, 0.1) is 6.33 Å². The molecular weight excluding hydrogens is 237 g/mol. The fraction of sp³-hybridized carbons (Fsp3) is 0.545. The second-order valence-corrected chi connectivity index (χ2v) is 4.67. The van der Waals surface area contributed by atoms with Crippen LogP contribution in [0.1, 0.15) is 18.9 Å². The first-order valence-corrected chi connectivity index (χ1v) is 5.88. The molecule has 18 heavy (non-hydrogen) atoms. The number of aliphatic hydroxyl groups is 1. The average Bonchev–Trinajstić information content (AvgIpc) is 2.93. The zero-order valence-electron chi connectivity index (χ0n) is 9.70. The number of aromatic nitrogens is 4. The standard InChI is InChI=1S/C11H14FN5O/c12-8-2-7(1-6(8)3-18)17-5-16-9-10(13)14-4-15-11(9)17/h4-8,18H,1-3H2,(H2,13,14,15)/t6-,7-,8+/m0/s1. The third kappa shape index (κ3) is 1.62. The van der Waals surface area contributed by atoms with Gasteiger partial charge in [0.25, 0.3) is 0 Å². The molecule has 1 aliphatic carbocycles. The summed E-state index contributed by atoms with van der Waals surface area (Å²) in [4.78, 5) is 12.2. The number of aliphatic hydroxyl groups excluding tert-OH is 1. The van der Waals surface area contributed by atoms with Crippen LogP contribution in [-0.4, -0.2) is 37.4 Å². The molecule has 0 saturated heterocycles. The van der Waals surface area contributed by atoms with Gasteiger partial charge in [0, 0.05) is 18.6 Å². The number of anilines is 1. The van der Waals surface area contributed by atoms with Crippen LogP contribution in [0.15, 0.2) is 12.7 Å². The number of hydrogen-bond donors (Lipinski definition) is 2. The smallest absolute Gasteiger partial charge is 0.165 e. The number of nitrogens with two attached hydrogens (primary N) is 1. The molecule has 2 heterocycles. The predicted octanol–water partition coefficient (Wildman–Crippen LogP) is 0.690. The van der Waals surface area contributed by atoms with Crippen molar-refractivity contribution in [1.29, 1.82) is 0 Å². The summed E-state index contributed by atoms with van der Waals surface area (Å²) in [6.07, 6.45) is 2.98. The normalized spacial score (nSPS) is 28.0. The summed E-state index contributed by atoms with van der Waals surface area (Å²) in [6, 6.07) is -0.0311. The zero-order valence-corrected chi connectivity index (χ0v) is 9.70. The van der Waals surface area contributed by atoms with E-state index < -0.39 is 6.17 Å². The first-order valence-electron chi connectivity index (χ1n) is 5.88. The van der Waals surface area contributed by atoms with Crippen LogP contribution in [0.3, 0.4) is 0 Å². The number of rotatable bonds is 2. The van der Waals surface area contributed by atoms with Crippen molar-refractivity contribution in [2.24, 2.45) is 5.92 Å². The fourth-order valence-electron chi connectivity index (χ4n) is 2.60. The van der Waals surface area contributed by atoms with Crippen molar-refractivity contribution >= 4 is 17.0 Å². The molecule has 0 amide bonds. The molecule has 0 bridgehead atoms. The highest BCUT2D eigenvalue weighted by Crippen LogP contribution is 2.37. The average molecular weight is 251 g/mol. The first kappa shape index (κ1) is 11.3. The first-order chi connectivity index (χ1) is 8.70. The number of halogens is 1. The van der Waals surface area contributed by atoms with Gasteiger partial charge in [0.15, 0.2) is 11.5 Å². The molecular formula is C11H14FN5O. The summed E-state index contributed by atoms with van der Waals surface area (Å²) in [5, 5.41) is 9.10. The minimum Gasteiger partial charge on any atom is -0.396 e. The van der Waals surface area contributed by atoms with Gasteiger partial charge in [-0.3, -0.25) is 0 Å². The summed E-state index contributed by atoms with van der Waals surface area (Å²) in [5.41, 5.74) is 6.87. The molecule has 0 aliphatic heterocycles. The van der Waals surface area contributed by atoms with Crippen molar-refractivity contribution in [3.05, 3.63) is 12.7 Å². The van der Waals surface area contributed by atoms with Crippen molar-refractivity contribution in [2.75, 3.05) is 12.3 Å². The van der Waals surface area contributed by atoms with E-state index in [9.17, 15) is 4.39 Å². The van der Waals surface area contributed by atoms with E-state index in [-0.39, 0.29) is 18.6 Å². The van der Waals surface area contributed by atoms with Gasteiger partial charge < -0.3 is 15.4 Å². The van der Waals surface area contributed by atoms with Crippen LogP contribution >= 0.6 is 0 Å². The second-order valence-electron chi connectivity index (χ2n) is 4.67. The Balaban J connectivity index is 1.99. The molecule has 0 aromatic carbocycles.